The van der Waals surface area contributed by atoms with Gasteiger partial charge in [-0.1, -0.05) is 6.07 Å². The lowest BCUT2D eigenvalue weighted by molar-refractivity contribution is -0.125. The summed E-state index contributed by atoms with van der Waals surface area (Å²) in [5, 5.41) is 2.73. The van der Waals surface area contributed by atoms with E-state index in [-0.39, 0.29) is 5.91 Å². The average molecular weight is 223 g/mol. The molecule has 88 valence electrons. The van der Waals surface area contributed by atoms with E-state index in [9.17, 15) is 4.79 Å². The number of nitrogens with two attached hydrogens (primary N) is 1. The highest BCUT2D eigenvalue weighted by Crippen LogP contribution is 2.13. The minimum Gasteiger partial charge on any atom is -0.481 e. The molecule has 0 aliphatic rings. The second-order valence-electron chi connectivity index (χ2n) is 4.08. The summed E-state index contributed by atoms with van der Waals surface area (Å²) in [5.41, 5.74) is 5.60. The van der Waals surface area contributed by atoms with Crippen molar-refractivity contribution < 1.29 is 9.53 Å². The maximum Gasteiger partial charge on any atom is 0.239 e. The second-order valence-corrected chi connectivity index (χ2v) is 4.08. The van der Waals surface area contributed by atoms with Crippen LogP contribution in [0.15, 0.2) is 18.3 Å². The Hall–Kier alpha value is -1.62. The molecule has 0 fully saturated rings. The summed E-state index contributed by atoms with van der Waals surface area (Å²) >= 11 is 0. The summed E-state index contributed by atoms with van der Waals surface area (Å²) in [7, 11) is 1.54. The molecule has 0 radical (unpaired) electrons. The zero-order chi connectivity index (χ0) is 12.2. The molecule has 5 heteroatoms. The van der Waals surface area contributed by atoms with Gasteiger partial charge >= 0.3 is 0 Å². The van der Waals surface area contributed by atoms with E-state index in [1.807, 2.05) is 6.07 Å². The summed E-state index contributed by atoms with van der Waals surface area (Å²) in [5.74, 6) is 0.302. The molecular weight excluding hydrogens is 206 g/mol. The molecule has 5 nitrogen and oxygen atoms in total. The van der Waals surface area contributed by atoms with E-state index in [0.717, 1.165) is 5.56 Å². The first kappa shape index (κ1) is 12.4. The van der Waals surface area contributed by atoms with E-state index in [2.05, 4.69) is 10.3 Å². The summed E-state index contributed by atoms with van der Waals surface area (Å²) in [6, 6.07) is 3.63. The van der Waals surface area contributed by atoms with Crippen molar-refractivity contribution in [3.63, 3.8) is 0 Å². The molecule has 0 aliphatic carbocycles. The Kier molecular flexibility index (Phi) is 3.84. The summed E-state index contributed by atoms with van der Waals surface area (Å²) in [6.45, 7) is 3.67. The van der Waals surface area contributed by atoms with Crippen molar-refractivity contribution in [2.45, 2.75) is 25.9 Å². The highest BCUT2D eigenvalue weighted by Gasteiger charge is 2.21. The fraction of sp³-hybridized carbons (Fsp3) is 0.455. The van der Waals surface area contributed by atoms with Crippen LogP contribution in [0.3, 0.4) is 0 Å². The number of carbonyl (C=O) groups excluding carboxylic acids is 1. The molecule has 0 aromatic carbocycles. The minimum absolute atomic E-state index is 0.210. The molecule has 0 aliphatic heterocycles. The number of ether oxygens (including phenoxy) is 1. The van der Waals surface area contributed by atoms with Gasteiger partial charge in [-0.3, -0.25) is 4.79 Å². The van der Waals surface area contributed by atoms with E-state index >= 15 is 0 Å². The first-order valence-corrected chi connectivity index (χ1v) is 5.00. The number of pyridine rings is 1. The summed E-state index contributed by atoms with van der Waals surface area (Å²) < 4.78 is 5.07. The summed E-state index contributed by atoms with van der Waals surface area (Å²) in [6.07, 6.45) is 1.64. The van der Waals surface area contributed by atoms with Gasteiger partial charge in [0.1, 0.15) is 0 Å². The highest BCUT2D eigenvalue weighted by molar-refractivity contribution is 5.85. The number of nitrogens with one attached hydrogen (secondary N) is 1. The van der Waals surface area contributed by atoms with E-state index < -0.39 is 5.54 Å². The van der Waals surface area contributed by atoms with Gasteiger partial charge in [0.25, 0.3) is 0 Å². The van der Waals surface area contributed by atoms with Crippen LogP contribution in [0.25, 0.3) is 0 Å². The van der Waals surface area contributed by atoms with Crippen molar-refractivity contribution in [1.82, 2.24) is 10.3 Å². The van der Waals surface area contributed by atoms with Crippen LogP contribution in [-0.2, 0) is 11.3 Å². The maximum absolute atomic E-state index is 11.5. The number of aromatic nitrogens is 1. The smallest absolute Gasteiger partial charge is 0.239 e. The largest absolute Gasteiger partial charge is 0.481 e. The molecule has 0 spiro atoms. The summed E-state index contributed by atoms with van der Waals surface area (Å²) in [4.78, 5) is 15.6. The maximum atomic E-state index is 11.5. The van der Waals surface area contributed by atoms with Crippen LogP contribution in [0.2, 0.25) is 0 Å². The highest BCUT2D eigenvalue weighted by atomic mass is 16.5. The molecule has 1 aromatic heterocycles. The third kappa shape index (κ3) is 3.20. The third-order valence-electron chi connectivity index (χ3n) is 2.07. The van der Waals surface area contributed by atoms with Crippen LogP contribution in [0.1, 0.15) is 19.4 Å². The quantitative estimate of drug-likeness (QED) is 0.776. The lowest BCUT2D eigenvalue weighted by Gasteiger charge is -2.18. The number of carbonyl (C=O) groups is 1. The van der Waals surface area contributed by atoms with Gasteiger partial charge in [0.2, 0.25) is 11.8 Å². The first-order valence-electron chi connectivity index (χ1n) is 5.00. The Bertz CT molecular complexity index is 372. The minimum atomic E-state index is -0.880. The molecule has 0 saturated carbocycles. The number of nitrogens with zero attached hydrogens (tertiary/aromatic N) is 1. The van der Waals surface area contributed by atoms with Crippen molar-refractivity contribution in [3.8, 4) is 5.88 Å². The predicted molar refractivity (Wildman–Crippen MR) is 60.9 cm³/mol. The third-order valence-corrected chi connectivity index (χ3v) is 2.07. The van der Waals surface area contributed by atoms with E-state index in [4.69, 9.17) is 10.5 Å². The Morgan fingerprint density at radius 3 is 2.88 bits per heavy atom. The van der Waals surface area contributed by atoms with Crippen molar-refractivity contribution in [2.75, 3.05) is 7.11 Å². The van der Waals surface area contributed by atoms with Gasteiger partial charge in [0, 0.05) is 18.3 Å². The van der Waals surface area contributed by atoms with Crippen LogP contribution >= 0.6 is 0 Å². The Morgan fingerprint density at radius 2 is 2.31 bits per heavy atom. The molecule has 3 N–H and O–H groups in total. The van der Waals surface area contributed by atoms with Gasteiger partial charge in [-0.15, -0.1) is 0 Å². The van der Waals surface area contributed by atoms with Gasteiger partial charge in [-0.05, 0) is 19.9 Å². The molecule has 1 aromatic rings. The number of hydrogen-bond donors (Lipinski definition) is 2. The van der Waals surface area contributed by atoms with Crippen molar-refractivity contribution >= 4 is 5.91 Å². The fourth-order valence-electron chi connectivity index (χ4n) is 1.15. The number of rotatable bonds is 4. The van der Waals surface area contributed by atoms with E-state index in [1.54, 1.807) is 33.2 Å². The zero-order valence-corrected chi connectivity index (χ0v) is 9.78. The van der Waals surface area contributed by atoms with Crippen LogP contribution in [-0.4, -0.2) is 23.5 Å². The van der Waals surface area contributed by atoms with Gasteiger partial charge in [-0.2, -0.15) is 0 Å². The van der Waals surface area contributed by atoms with Gasteiger partial charge in [-0.25, -0.2) is 4.98 Å². The normalized spacial score (nSPS) is 11.0. The van der Waals surface area contributed by atoms with Crippen LogP contribution in [0, 0.1) is 0 Å². The van der Waals surface area contributed by atoms with Crippen molar-refractivity contribution in [3.05, 3.63) is 23.9 Å². The fourth-order valence-corrected chi connectivity index (χ4v) is 1.15. The molecule has 1 heterocycles. The number of hydrogen-bond acceptors (Lipinski definition) is 4. The molecule has 0 unspecified atom stereocenters. The number of methoxy groups -OCH3 is 1. The first-order chi connectivity index (χ1) is 7.45. The Morgan fingerprint density at radius 1 is 1.62 bits per heavy atom. The standard InChI is InChI=1S/C11H17N3O2/c1-11(2,12)10(15)14-7-8-5-4-6-13-9(8)16-3/h4-6H,7,12H2,1-3H3,(H,14,15). The molecule has 0 saturated heterocycles. The SMILES string of the molecule is COc1ncccc1CNC(=O)C(C)(C)N. The average Bonchev–Trinajstić information content (AvgIpc) is 2.24. The second kappa shape index (κ2) is 4.94. The molecule has 0 atom stereocenters. The monoisotopic (exact) mass is 223 g/mol. The van der Waals surface area contributed by atoms with Gasteiger partial charge in [0.15, 0.2) is 0 Å². The zero-order valence-electron chi connectivity index (χ0n) is 9.78. The predicted octanol–water partition coefficient (Wildman–Crippen LogP) is 0.444. The molecule has 1 amide bonds. The van der Waals surface area contributed by atoms with Gasteiger partial charge in [0.05, 0.1) is 12.6 Å². The number of amides is 1. The van der Waals surface area contributed by atoms with Crippen molar-refractivity contribution in [2.24, 2.45) is 5.73 Å². The molecule has 0 bridgehead atoms. The van der Waals surface area contributed by atoms with Crippen LogP contribution in [0.5, 0.6) is 5.88 Å². The topological polar surface area (TPSA) is 77.2 Å². The van der Waals surface area contributed by atoms with Gasteiger partial charge < -0.3 is 15.8 Å². The Labute approximate surface area is 95.0 Å². The lowest BCUT2D eigenvalue weighted by atomic mass is 10.1. The van der Waals surface area contributed by atoms with E-state index in [0.29, 0.717) is 12.4 Å². The molecule has 1 rings (SSSR count). The molecule has 16 heavy (non-hydrogen) atoms. The van der Waals surface area contributed by atoms with Crippen LogP contribution < -0.4 is 15.8 Å². The Balaban J connectivity index is 2.65. The lowest BCUT2D eigenvalue weighted by Crippen LogP contribution is -2.48. The van der Waals surface area contributed by atoms with Crippen molar-refractivity contribution in [1.29, 1.82) is 0 Å². The van der Waals surface area contributed by atoms with Crippen LogP contribution in [0.4, 0.5) is 0 Å². The molecular formula is C11H17N3O2. The van der Waals surface area contributed by atoms with E-state index in [1.165, 1.54) is 0 Å².